The van der Waals surface area contributed by atoms with E-state index < -0.39 is 5.82 Å². The average molecular weight is 293 g/mol. The van der Waals surface area contributed by atoms with Gasteiger partial charge in [-0.25, -0.2) is 4.39 Å². The summed E-state index contributed by atoms with van der Waals surface area (Å²) in [6.45, 7) is 1.71. The maximum Gasteiger partial charge on any atom is 0.258 e. The fourth-order valence-corrected chi connectivity index (χ4v) is 2.48. The Balaban J connectivity index is 2.05. The summed E-state index contributed by atoms with van der Waals surface area (Å²) in [7, 11) is 0. The molecule has 0 spiro atoms. The van der Waals surface area contributed by atoms with Gasteiger partial charge in [-0.1, -0.05) is 24.3 Å². The molecule has 0 aliphatic rings. The molecule has 1 amide bonds. The van der Waals surface area contributed by atoms with Gasteiger partial charge in [-0.3, -0.25) is 4.79 Å². The minimum Gasteiger partial charge on any atom is -0.356 e. The lowest BCUT2D eigenvalue weighted by molar-refractivity contribution is 0.102. The minimum absolute atomic E-state index is 0.304. The number of nitrogens with zero attached hydrogens (tertiary/aromatic N) is 1. The highest BCUT2D eigenvalue weighted by Crippen LogP contribution is 2.25. The number of nitriles is 1. The van der Waals surface area contributed by atoms with Gasteiger partial charge in [0.15, 0.2) is 0 Å². The zero-order chi connectivity index (χ0) is 15.7. The molecular weight excluding hydrogens is 281 g/mol. The molecule has 3 aromatic rings. The molecule has 0 unspecified atom stereocenters. The predicted molar refractivity (Wildman–Crippen MR) is 82.1 cm³/mol. The van der Waals surface area contributed by atoms with Crippen LogP contribution in [0.1, 0.15) is 21.6 Å². The molecule has 0 saturated heterocycles. The molecule has 0 saturated carbocycles. The number of hydrogen-bond acceptors (Lipinski definition) is 2. The van der Waals surface area contributed by atoms with Crippen molar-refractivity contribution in [3.8, 4) is 6.07 Å². The molecule has 1 heterocycles. The fourth-order valence-electron chi connectivity index (χ4n) is 2.48. The first-order chi connectivity index (χ1) is 10.6. The molecule has 4 nitrogen and oxygen atoms in total. The minimum atomic E-state index is -0.405. The summed E-state index contributed by atoms with van der Waals surface area (Å²) >= 11 is 0. The standard InChI is InChI=1S/C17H12FN3O/c1-10-15(12-6-4-7-13(18)16(12)20-10)17(22)21-14-8-3-2-5-11(14)9-19/h2-8,20H,1H3,(H,21,22). The van der Waals surface area contributed by atoms with Crippen LogP contribution in [-0.4, -0.2) is 10.9 Å². The van der Waals surface area contributed by atoms with Crippen LogP contribution in [-0.2, 0) is 0 Å². The van der Waals surface area contributed by atoms with Gasteiger partial charge in [-0.05, 0) is 25.1 Å². The molecule has 108 valence electrons. The number of carbonyl (C=O) groups excluding carboxylic acids is 1. The van der Waals surface area contributed by atoms with Crippen molar-refractivity contribution in [2.75, 3.05) is 5.32 Å². The van der Waals surface area contributed by atoms with E-state index in [0.29, 0.717) is 33.4 Å². The number of nitrogens with one attached hydrogen (secondary N) is 2. The van der Waals surface area contributed by atoms with E-state index >= 15 is 0 Å². The van der Waals surface area contributed by atoms with E-state index in [0.717, 1.165) is 0 Å². The summed E-state index contributed by atoms with van der Waals surface area (Å²) in [4.78, 5) is 15.4. The number of H-pyrrole nitrogens is 1. The quantitative estimate of drug-likeness (QED) is 0.755. The number of hydrogen-bond donors (Lipinski definition) is 2. The molecule has 5 heteroatoms. The highest BCUT2D eigenvalue weighted by Gasteiger charge is 2.18. The first kappa shape index (κ1) is 13.8. The summed E-state index contributed by atoms with van der Waals surface area (Å²) in [6, 6.07) is 13.3. The average Bonchev–Trinajstić information content (AvgIpc) is 2.85. The summed E-state index contributed by atoms with van der Waals surface area (Å²) in [5.41, 5.74) is 2.06. The molecule has 22 heavy (non-hydrogen) atoms. The normalized spacial score (nSPS) is 10.4. The number of aromatic amines is 1. The SMILES string of the molecule is Cc1[nH]c2c(F)cccc2c1C(=O)Nc1ccccc1C#N. The second-order valence-electron chi connectivity index (χ2n) is 4.90. The van der Waals surface area contributed by atoms with Crippen molar-refractivity contribution in [3.63, 3.8) is 0 Å². The third-order valence-electron chi connectivity index (χ3n) is 3.49. The van der Waals surface area contributed by atoms with Crippen LogP contribution in [0, 0.1) is 24.1 Å². The van der Waals surface area contributed by atoms with E-state index in [1.54, 1.807) is 43.3 Å². The van der Waals surface area contributed by atoms with Crippen molar-refractivity contribution in [1.82, 2.24) is 4.98 Å². The summed E-state index contributed by atoms with van der Waals surface area (Å²) in [6.07, 6.45) is 0. The van der Waals surface area contributed by atoms with E-state index in [1.165, 1.54) is 6.07 Å². The van der Waals surface area contributed by atoms with Crippen molar-refractivity contribution in [3.05, 3.63) is 65.1 Å². The molecule has 0 atom stereocenters. The largest absolute Gasteiger partial charge is 0.356 e. The molecular formula is C17H12FN3O. The number of rotatable bonds is 2. The van der Waals surface area contributed by atoms with Gasteiger partial charge in [-0.15, -0.1) is 0 Å². The number of fused-ring (bicyclic) bond motifs is 1. The van der Waals surface area contributed by atoms with Gasteiger partial charge in [0.2, 0.25) is 0 Å². The fraction of sp³-hybridized carbons (Fsp3) is 0.0588. The molecule has 0 radical (unpaired) electrons. The Hall–Kier alpha value is -3.13. The van der Waals surface area contributed by atoms with Crippen LogP contribution in [0.4, 0.5) is 10.1 Å². The first-order valence-electron chi connectivity index (χ1n) is 6.69. The van der Waals surface area contributed by atoms with E-state index in [1.807, 2.05) is 6.07 Å². The van der Waals surface area contributed by atoms with Crippen molar-refractivity contribution >= 4 is 22.5 Å². The van der Waals surface area contributed by atoms with Crippen LogP contribution in [0.2, 0.25) is 0 Å². The van der Waals surface area contributed by atoms with Gasteiger partial charge in [0.05, 0.1) is 22.3 Å². The molecule has 0 fully saturated rings. The molecule has 0 aliphatic heterocycles. The molecule has 0 bridgehead atoms. The third-order valence-corrected chi connectivity index (χ3v) is 3.49. The Morgan fingerprint density at radius 3 is 2.77 bits per heavy atom. The Morgan fingerprint density at radius 1 is 1.23 bits per heavy atom. The topological polar surface area (TPSA) is 68.7 Å². The number of amides is 1. The van der Waals surface area contributed by atoms with Gasteiger partial charge < -0.3 is 10.3 Å². The van der Waals surface area contributed by atoms with Crippen LogP contribution in [0.25, 0.3) is 10.9 Å². The Kier molecular flexibility index (Phi) is 3.36. The number of para-hydroxylation sites is 2. The zero-order valence-electron chi connectivity index (χ0n) is 11.8. The number of aromatic nitrogens is 1. The maximum atomic E-state index is 13.8. The van der Waals surface area contributed by atoms with Gasteiger partial charge in [0, 0.05) is 11.1 Å². The lowest BCUT2D eigenvalue weighted by atomic mass is 10.1. The molecule has 3 rings (SSSR count). The van der Waals surface area contributed by atoms with Crippen LogP contribution in [0.5, 0.6) is 0 Å². The van der Waals surface area contributed by atoms with Crippen LogP contribution in [0.15, 0.2) is 42.5 Å². The van der Waals surface area contributed by atoms with Crippen LogP contribution < -0.4 is 5.32 Å². The van der Waals surface area contributed by atoms with Gasteiger partial charge in [-0.2, -0.15) is 5.26 Å². The monoisotopic (exact) mass is 293 g/mol. The zero-order valence-corrected chi connectivity index (χ0v) is 11.8. The van der Waals surface area contributed by atoms with Gasteiger partial charge >= 0.3 is 0 Å². The van der Waals surface area contributed by atoms with E-state index in [2.05, 4.69) is 10.3 Å². The van der Waals surface area contributed by atoms with Crippen molar-refractivity contribution in [2.24, 2.45) is 0 Å². The van der Waals surface area contributed by atoms with Crippen LogP contribution >= 0.6 is 0 Å². The highest BCUT2D eigenvalue weighted by molar-refractivity contribution is 6.14. The van der Waals surface area contributed by atoms with Gasteiger partial charge in [0.1, 0.15) is 11.9 Å². The van der Waals surface area contributed by atoms with E-state index in [4.69, 9.17) is 5.26 Å². The molecule has 2 N–H and O–H groups in total. The number of anilines is 1. The third kappa shape index (κ3) is 2.21. The Bertz CT molecular complexity index is 921. The van der Waals surface area contributed by atoms with Gasteiger partial charge in [0.25, 0.3) is 5.91 Å². The number of halogens is 1. The molecule has 1 aromatic heterocycles. The molecule has 2 aromatic carbocycles. The van der Waals surface area contributed by atoms with Crippen LogP contribution in [0.3, 0.4) is 0 Å². The second kappa shape index (κ2) is 5.34. The first-order valence-corrected chi connectivity index (χ1v) is 6.69. The van der Waals surface area contributed by atoms with E-state index in [-0.39, 0.29) is 5.91 Å². The van der Waals surface area contributed by atoms with E-state index in [9.17, 15) is 9.18 Å². The van der Waals surface area contributed by atoms with Crippen molar-refractivity contribution in [1.29, 1.82) is 5.26 Å². The number of benzene rings is 2. The predicted octanol–water partition coefficient (Wildman–Crippen LogP) is 3.74. The lowest BCUT2D eigenvalue weighted by Gasteiger charge is -2.07. The second-order valence-corrected chi connectivity index (χ2v) is 4.90. The summed E-state index contributed by atoms with van der Waals surface area (Å²) in [5.74, 6) is -0.783. The molecule has 0 aliphatic carbocycles. The Labute approximate surface area is 126 Å². The maximum absolute atomic E-state index is 13.8. The lowest BCUT2D eigenvalue weighted by Crippen LogP contribution is -2.13. The number of carbonyl (C=O) groups is 1. The smallest absolute Gasteiger partial charge is 0.258 e. The highest BCUT2D eigenvalue weighted by atomic mass is 19.1. The van der Waals surface area contributed by atoms with Crippen molar-refractivity contribution < 1.29 is 9.18 Å². The Morgan fingerprint density at radius 2 is 2.00 bits per heavy atom. The van der Waals surface area contributed by atoms with Crippen molar-refractivity contribution in [2.45, 2.75) is 6.92 Å². The summed E-state index contributed by atoms with van der Waals surface area (Å²) < 4.78 is 13.8. The number of aryl methyl sites for hydroxylation is 1. The summed E-state index contributed by atoms with van der Waals surface area (Å²) in [5, 5.41) is 12.3.